The number of H-pyrrole nitrogens is 2. The molecule has 4 atom stereocenters. The first-order valence-electron chi connectivity index (χ1n) is 20.1. The topological polar surface area (TPSA) is 175 Å². The molecule has 0 bridgehead atoms. The van der Waals surface area contributed by atoms with Crippen molar-refractivity contribution in [3.05, 3.63) is 94.8 Å². The van der Waals surface area contributed by atoms with Crippen molar-refractivity contribution in [2.45, 2.75) is 85.0 Å². The number of carbonyl (C=O) groups excluding carboxylic acids is 4. The number of alkyl carbamates (subject to hydrolysis) is 2. The first-order chi connectivity index (χ1) is 28.3. The van der Waals surface area contributed by atoms with Gasteiger partial charge in [0, 0.05) is 24.2 Å². The summed E-state index contributed by atoms with van der Waals surface area (Å²) in [4.78, 5) is 71.2. The van der Waals surface area contributed by atoms with Crippen molar-refractivity contribution in [2.24, 2.45) is 11.8 Å². The van der Waals surface area contributed by atoms with Crippen LogP contribution in [0.4, 0.5) is 9.59 Å². The van der Waals surface area contributed by atoms with Gasteiger partial charge in [-0.05, 0) is 85.9 Å². The summed E-state index contributed by atoms with van der Waals surface area (Å²) in [5.74, 6) is 7.33. The zero-order valence-corrected chi connectivity index (χ0v) is 35.0. The van der Waals surface area contributed by atoms with Gasteiger partial charge in [-0.25, -0.2) is 19.6 Å². The number of imidazole rings is 2. The fraction of sp³-hybridized carbons (Fsp3) is 0.422. The molecule has 4 N–H and O–H groups in total. The van der Waals surface area contributed by atoms with E-state index < -0.39 is 24.3 Å². The molecule has 0 aliphatic carbocycles. The number of likely N-dealkylation sites (tertiary alicyclic amines) is 2. The third-order valence-electron chi connectivity index (χ3n) is 11.1. The first kappa shape index (κ1) is 42.3. The van der Waals surface area contributed by atoms with Crippen molar-refractivity contribution in [1.82, 2.24) is 40.4 Å². The number of allylic oxidation sites excluding steroid dienone is 1. The number of benzene rings is 2. The predicted octanol–water partition coefficient (Wildman–Crippen LogP) is 6.90. The Morgan fingerprint density at radius 2 is 1.17 bits per heavy atom. The second-order valence-corrected chi connectivity index (χ2v) is 16.0. The highest BCUT2D eigenvalue weighted by Crippen LogP contribution is 2.37. The third-order valence-corrected chi connectivity index (χ3v) is 11.1. The van der Waals surface area contributed by atoms with Crippen LogP contribution in [-0.2, 0) is 19.1 Å². The molecule has 4 aromatic rings. The fourth-order valence-electron chi connectivity index (χ4n) is 7.55. The molecule has 2 aliphatic heterocycles. The van der Waals surface area contributed by atoms with Crippen molar-refractivity contribution < 1.29 is 28.7 Å². The Bertz CT molecular complexity index is 2240. The quantitative estimate of drug-likeness (QED) is 0.0990. The minimum Gasteiger partial charge on any atom is -0.453 e. The molecule has 2 aliphatic rings. The highest BCUT2D eigenvalue weighted by molar-refractivity contribution is 5.87. The van der Waals surface area contributed by atoms with Crippen LogP contribution < -0.4 is 10.6 Å². The first-order valence-corrected chi connectivity index (χ1v) is 20.1. The summed E-state index contributed by atoms with van der Waals surface area (Å²) in [6.45, 7) is 12.7. The fourth-order valence-corrected chi connectivity index (χ4v) is 7.55. The zero-order chi connectivity index (χ0) is 42.4. The van der Waals surface area contributed by atoms with E-state index in [0.29, 0.717) is 31.2 Å². The van der Waals surface area contributed by atoms with Gasteiger partial charge in [0.25, 0.3) is 0 Å². The normalized spacial score (nSPS) is 17.4. The van der Waals surface area contributed by atoms with Gasteiger partial charge < -0.3 is 39.9 Å². The smallest absolute Gasteiger partial charge is 0.407 e. The predicted molar refractivity (Wildman–Crippen MR) is 223 cm³/mol. The molecule has 4 amide bonds. The maximum Gasteiger partial charge on any atom is 0.407 e. The second-order valence-electron chi connectivity index (χ2n) is 16.0. The van der Waals surface area contributed by atoms with Gasteiger partial charge in [-0.2, -0.15) is 0 Å². The minimum atomic E-state index is -0.733. The average Bonchev–Trinajstić information content (AvgIpc) is 4.07. The minimum absolute atomic E-state index is 0.109. The van der Waals surface area contributed by atoms with Crippen LogP contribution in [0.25, 0.3) is 22.5 Å². The van der Waals surface area contributed by atoms with E-state index >= 15 is 0 Å². The molecule has 0 spiro atoms. The number of aromatic nitrogens is 4. The van der Waals surface area contributed by atoms with Gasteiger partial charge >= 0.3 is 12.2 Å². The van der Waals surface area contributed by atoms with Gasteiger partial charge in [0.05, 0.1) is 50.1 Å². The average molecular weight is 803 g/mol. The molecule has 2 fully saturated rings. The van der Waals surface area contributed by atoms with Gasteiger partial charge in [0.15, 0.2) is 0 Å². The van der Waals surface area contributed by atoms with Crippen LogP contribution in [0.5, 0.6) is 0 Å². The van der Waals surface area contributed by atoms with E-state index in [1.54, 1.807) is 22.2 Å². The van der Waals surface area contributed by atoms with E-state index in [4.69, 9.17) is 14.5 Å². The highest BCUT2D eigenvalue weighted by atomic mass is 16.5. The maximum absolute atomic E-state index is 13.8. The molecular weight excluding hydrogens is 749 g/mol. The Morgan fingerprint density at radius 3 is 1.61 bits per heavy atom. The summed E-state index contributed by atoms with van der Waals surface area (Å²) < 4.78 is 9.54. The number of nitrogens with zero attached hydrogens (tertiary/aromatic N) is 4. The number of ether oxygens (including phenoxy) is 2. The summed E-state index contributed by atoms with van der Waals surface area (Å²) in [7, 11) is 2.57. The highest BCUT2D eigenvalue weighted by Gasteiger charge is 2.40. The monoisotopic (exact) mass is 802 g/mol. The molecule has 2 saturated heterocycles. The van der Waals surface area contributed by atoms with Crippen molar-refractivity contribution in [3.63, 3.8) is 0 Å². The number of hydrogen-bond acceptors (Lipinski definition) is 8. The van der Waals surface area contributed by atoms with E-state index in [9.17, 15) is 19.2 Å². The largest absolute Gasteiger partial charge is 0.453 e. The van der Waals surface area contributed by atoms with E-state index in [-0.39, 0.29) is 35.7 Å². The summed E-state index contributed by atoms with van der Waals surface area (Å²) >= 11 is 0. The molecule has 310 valence electrons. The van der Waals surface area contributed by atoms with Crippen molar-refractivity contribution in [1.29, 1.82) is 0 Å². The standard InChI is InChI=1S/C45H54N8O6/c1-26(2)33-22-37(53(25-33)43(55)39(28(5)6)51-45(57)59-8)41-47-24-35(49-41)32-19-15-30(16-20-32)12-11-29-13-17-31(18-14-29)34-23-46-40(48-34)36-10-9-21-52(36)42(54)38(27(3)4)50-44(56)58-7/h13-20,23-24,27-28,36-39H,9-10,21-22,25H2,1-8H3,(H,46,48)(H,47,49)(H,50,56)(H,51,57)/t36-,37-,38-,39-/m0/s1. The lowest BCUT2D eigenvalue weighted by Crippen LogP contribution is -2.51. The van der Waals surface area contributed by atoms with E-state index in [1.807, 2.05) is 90.1 Å². The maximum atomic E-state index is 13.8. The molecular formula is C45H54N8O6. The lowest BCUT2D eigenvalue weighted by Gasteiger charge is -2.30. The number of nitrogens with one attached hydrogen (secondary N) is 4. The van der Waals surface area contributed by atoms with Gasteiger partial charge in [0.1, 0.15) is 23.7 Å². The molecule has 0 unspecified atom stereocenters. The number of hydrogen-bond donors (Lipinski definition) is 4. The van der Waals surface area contributed by atoms with Crippen LogP contribution in [0.3, 0.4) is 0 Å². The second kappa shape index (κ2) is 18.5. The number of rotatable bonds is 10. The summed E-state index contributed by atoms with van der Waals surface area (Å²) in [6, 6.07) is 13.9. The number of amides is 4. The molecule has 0 saturated carbocycles. The van der Waals surface area contributed by atoms with Crippen LogP contribution in [0.1, 0.15) is 95.7 Å². The van der Waals surface area contributed by atoms with Crippen LogP contribution in [0.15, 0.2) is 72.1 Å². The van der Waals surface area contributed by atoms with Crippen molar-refractivity contribution in [2.75, 3.05) is 27.3 Å². The molecule has 0 radical (unpaired) electrons. The Morgan fingerprint density at radius 1 is 0.712 bits per heavy atom. The summed E-state index contributed by atoms with van der Waals surface area (Å²) in [6.07, 6.45) is 4.57. The SMILES string of the molecule is COC(=O)N[C@H](C(=O)N1CCC[C@H]1c1ncc(-c2ccc(C#Cc3ccc(-c4cnc([C@@H]5CC(=C(C)C)CN5C(=O)[C@@H](NC(=O)OC)C(C)C)[nH]4)cc3)cc2)[nH]1)C(C)C. The van der Waals surface area contributed by atoms with E-state index in [2.05, 4.69) is 37.4 Å². The molecule has 14 nitrogen and oxygen atoms in total. The summed E-state index contributed by atoms with van der Waals surface area (Å²) in [5, 5.41) is 5.40. The third kappa shape index (κ3) is 9.68. The molecule has 2 aromatic carbocycles. The van der Waals surface area contributed by atoms with Crippen molar-refractivity contribution in [3.8, 4) is 34.4 Å². The van der Waals surface area contributed by atoms with Crippen LogP contribution in [0.2, 0.25) is 0 Å². The van der Waals surface area contributed by atoms with E-state index in [1.165, 1.54) is 19.8 Å². The van der Waals surface area contributed by atoms with Crippen LogP contribution in [-0.4, -0.2) is 93.1 Å². The summed E-state index contributed by atoms with van der Waals surface area (Å²) in [5.41, 5.74) is 7.58. The van der Waals surface area contributed by atoms with Crippen LogP contribution >= 0.6 is 0 Å². The lowest BCUT2D eigenvalue weighted by atomic mass is 10.0. The zero-order valence-electron chi connectivity index (χ0n) is 35.0. The molecule has 14 heteroatoms. The number of carbonyl (C=O) groups is 4. The molecule has 2 aromatic heterocycles. The van der Waals surface area contributed by atoms with Crippen LogP contribution in [0, 0.1) is 23.7 Å². The van der Waals surface area contributed by atoms with E-state index in [0.717, 1.165) is 52.1 Å². The number of methoxy groups -OCH3 is 2. The Labute approximate surface area is 345 Å². The molecule has 59 heavy (non-hydrogen) atoms. The van der Waals surface area contributed by atoms with Crippen molar-refractivity contribution >= 4 is 24.0 Å². The Balaban J connectivity index is 1.10. The van der Waals surface area contributed by atoms with Gasteiger partial charge in [-0.15, -0.1) is 0 Å². The Kier molecular flexibility index (Phi) is 13.2. The van der Waals surface area contributed by atoms with Gasteiger partial charge in [-0.1, -0.05) is 69.4 Å². The molecule has 4 heterocycles. The van der Waals surface area contributed by atoms with Gasteiger partial charge in [0.2, 0.25) is 11.8 Å². The van der Waals surface area contributed by atoms with Gasteiger partial charge in [-0.3, -0.25) is 9.59 Å². The lowest BCUT2D eigenvalue weighted by molar-refractivity contribution is -0.136. The molecule has 6 rings (SSSR count). The number of aromatic amines is 2. The Hall–Kier alpha value is -6.36.